The molecule has 25 heavy (non-hydrogen) atoms. The number of aromatic nitrogens is 4. The lowest BCUT2D eigenvalue weighted by Gasteiger charge is -2.40. The minimum atomic E-state index is -0.349. The topological polar surface area (TPSA) is 76.3 Å². The predicted octanol–water partition coefficient (Wildman–Crippen LogP) is 1.12. The lowest BCUT2D eigenvalue weighted by molar-refractivity contribution is -0.142. The summed E-state index contributed by atoms with van der Waals surface area (Å²) in [7, 11) is 5.46. The number of anilines is 1. The molecule has 134 valence electrons. The third kappa shape index (κ3) is 3.04. The summed E-state index contributed by atoms with van der Waals surface area (Å²) in [4.78, 5) is 33.4. The van der Waals surface area contributed by atoms with Gasteiger partial charge in [0.15, 0.2) is 0 Å². The first-order valence-electron chi connectivity index (χ1n) is 8.47. The largest absolute Gasteiger partial charge is 0.336 e. The molecule has 0 saturated carbocycles. The van der Waals surface area contributed by atoms with Crippen LogP contribution in [-0.4, -0.2) is 49.6 Å². The van der Waals surface area contributed by atoms with Gasteiger partial charge in [0.05, 0.1) is 17.8 Å². The van der Waals surface area contributed by atoms with Gasteiger partial charge in [-0.05, 0) is 13.3 Å². The van der Waals surface area contributed by atoms with Crippen molar-refractivity contribution in [1.29, 1.82) is 0 Å². The van der Waals surface area contributed by atoms with Crippen molar-refractivity contribution >= 4 is 17.5 Å². The molecule has 8 nitrogen and oxygen atoms in total. The first kappa shape index (κ1) is 17.2. The van der Waals surface area contributed by atoms with Gasteiger partial charge in [0.2, 0.25) is 11.8 Å². The minimum Gasteiger partial charge on any atom is -0.336 e. The van der Waals surface area contributed by atoms with E-state index in [0.29, 0.717) is 19.4 Å². The van der Waals surface area contributed by atoms with Crippen molar-refractivity contribution in [3.05, 3.63) is 30.6 Å². The van der Waals surface area contributed by atoms with E-state index in [9.17, 15) is 9.59 Å². The molecule has 0 radical (unpaired) electrons. The van der Waals surface area contributed by atoms with Crippen LogP contribution in [0, 0.1) is 5.92 Å². The Morgan fingerprint density at radius 1 is 1.40 bits per heavy atom. The summed E-state index contributed by atoms with van der Waals surface area (Å²) in [6.07, 6.45) is 7.92. The SMILES string of the molecule is CCN1C(=O)CC[C@H](C(=O)N(C)c2cnn(C)c2)[C@H]1c1nccn1C. The quantitative estimate of drug-likeness (QED) is 0.833. The van der Waals surface area contributed by atoms with E-state index in [0.717, 1.165) is 11.5 Å². The van der Waals surface area contributed by atoms with E-state index in [1.165, 1.54) is 0 Å². The van der Waals surface area contributed by atoms with Gasteiger partial charge in [0.25, 0.3) is 0 Å². The second-order valence-corrected chi connectivity index (χ2v) is 6.44. The molecule has 2 aromatic heterocycles. The zero-order valence-electron chi connectivity index (χ0n) is 15.1. The number of likely N-dealkylation sites (tertiary alicyclic amines) is 1. The summed E-state index contributed by atoms with van der Waals surface area (Å²) in [5, 5.41) is 4.13. The highest BCUT2D eigenvalue weighted by molar-refractivity contribution is 5.96. The summed E-state index contributed by atoms with van der Waals surface area (Å²) in [6.45, 7) is 2.49. The lowest BCUT2D eigenvalue weighted by atomic mass is 9.86. The fraction of sp³-hybridized carbons (Fsp3) is 0.529. The second-order valence-electron chi connectivity index (χ2n) is 6.44. The third-order valence-electron chi connectivity index (χ3n) is 4.90. The average Bonchev–Trinajstić information content (AvgIpc) is 3.21. The molecule has 2 atom stereocenters. The first-order chi connectivity index (χ1) is 11.9. The Balaban J connectivity index is 1.95. The molecule has 2 aromatic rings. The van der Waals surface area contributed by atoms with Crippen LogP contribution in [0.4, 0.5) is 5.69 Å². The zero-order chi connectivity index (χ0) is 18.1. The Labute approximate surface area is 147 Å². The van der Waals surface area contributed by atoms with Gasteiger partial charge in [-0.25, -0.2) is 4.98 Å². The number of carbonyl (C=O) groups is 2. The summed E-state index contributed by atoms with van der Waals surface area (Å²) in [6, 6.07) is -0.349. The molecule has 0 bridgehead atoms. The maximum atomic E-state index is 13.2. The molecular formula is C17H24N6O2. The molecule has 0 aromatic carbocycles. The number of hydrogen-bond acceptors (Lipinski definition) is 4. The first-order valence-corrected chi connectivity index (χ1v) is 8.47. The summed E-state index contributed by atoms with van der Waals surface area (Å²) in [5.41, 5.74) is 0.742. The number of amides is 2. The highest BCUT2D eigenvalue weighted by Gasteiger charge is 2.43. The molecule has 1 aliphatic heterocycles. The Morgan fingerprint density at radius 2 is 2.16 bits per heavy atom. The molecular weight excluding hydrogens is 320 g/mol. The van der Waals surface area contributed by atoms with E-state index in [2.05, 4.69) is 10.1 Å². The monoisotopic (exact) mass is 344 g/mol. The van der Waals surface area contributed by atoms with Gasteiger partial charge in [-0.1, -0.05) is 0 Å². The molecule has 8 heteroatoms. The van der Waals surface area contributed by atoms with Crippen LogP contribution < -0.4 is 4.90 Å². The molecule has 0 aliphatic carbocycles. The maximum absolute atomic E-state index is 13.2. The van der Waals surface area contributed by atoms with Crippen molar-refractivity contribution in [2.24, 2.45) is 20.0 Å². The van der Waals surface area contributed by atoms with Crippen LogP contribution in [0.5, 0.6) is 0 Å². The zero-order valence-corrected chi connectivity index (χ0v) is 15.1. The van der Waals surface area contributed by atoms with Crippen LogP contribution in [0.3, 0.4) is 0 Å². The Hall–Kier alpha value is -2.64. The Bertz CT molecular complexity index is 780. The van der Waals surface area contributed by atoms with Crippen LogP contribution in [-0.2, 0) is 23.7 Å². The smallest absolute Gasteiger partial charge is 0.232 e. The van der Waals surface area contributed by atoms with Gasteiger partial charge in [0.1, 0.15) is 11.9 Å². The van der Waals surface area contributed by atoms with E-state index in [1.807, 2.05) is 31.8 Å². The van der Waals surface area contributed by atoms with Crippen molar-refractivity contribution in [3.63, 3.8) is 0 Å². The maximum Gasteiger partial charge on any atom is 0.232 e. The van der Waals surface area contributed by atoms with Crippen molar-refractivity contribution in [1.82, 2.24) is 24.2 Å². The standard InChI is InChI=1S/C17H24N6O2/c1-5-23-14(24)7-6-13(15(23)16-18-8-9-20(16)2)17(25)22(4)12-10-19-21(3)11-12/h8-11,13,15H,5-7H2,1-4H3/t13-,15-/m0/s1. The number of hydrogen-bond donors (Lipinski definition) is 0. The molecule has 2 amide bonds. The van der Waals surface area contributed by atoms with E-state index >= 15 is 0 Å². The highest BCUT2D eigenvalue weighted by atomic mass is 16.2. The van der Waals surface area contributed by atoms with Gasteiger partial charge in [-0.3, -0.25) is 14.3 Å². The van der Waals surface area contributed by atoms with Crippen molar-refractivity contribution in [3.8, 4) is 0 Å². The number of imidazole rings is 1. The van der Waals surface area contributed by atoms with Crippen LogP contribution in [0.15, 0.2) is 24.8 Å². The fourth-order valence-corrected chi connectivity index (χ4v) is 3.52. The molecule has 1 aliphatic rings. The van der Waals surface area contributed by atoms with Crippen molar-refractivity contribution in [2.75, 3.05) is 18.5 Å². The fourth-order valence-electron chi connectivity index (χ4n) is 3.52. The third-order valence-corrected chi connectivity index (χ3v) is 4.90. The molecule has 1 saturated heterocycles. The number of aryl methyl sites for hydroxylation is 2. The van der Waals surface area contributed by atoms with Crippen LogP contribution >= 0.6 is 0 Å². The molecule has 1 fully saturated rings. The molecule has 3 rings (SSSR count). The number of nitrogens with zero attached hydrogens (tertiary/aromatic N) is 6. The highest BCUT2D eigenvalue weighted by Crippen LogP contribution is 2.37. The molecule has 3 heterocycles. The van der Waals surface area contributed by atoms with Crippen LogP contribution in [0.1, 0.15) is 31.6 Å². The second kappa shape index (κ2) is 6.70. The van der Waals surface area contributed by atoms with Crippen molar-refractivity contribution < 1.29 is 9.59 Å². The average molecular weight is 344 g/mol. The van der Waals surface area contributed by atoms with Gasteiger partial charge < -0.3 is 14.4 Å². The Morgan fingerprint density at radius 3 is 2.72 bits per heavy atom. The van der Waals surface area contributed by atoms with Gasteiger partial charge in [-0.15, -0.1) is 0 Å². The normalized spacial score (nSPS) is 20.8. The summed E-state index contributed by atoms with van der Waals surface area (Å²) >= 11 is 0. The molecule has 0 unspecified atom stereocenters. The summed E-state index contributed by atoms with van der Waals surface area (Å²) < 4.78 is 3.55. The van der Waals surface area contributed by atoms with E-state index in [4.69, 9.17) is 0 Å². The van der Waals surface area contributed by atoms with E-state index < -0.39 is 0 Å². The van der Waals surface area contributed by atoms with Gasteiger partial charge >= 0.3 is 0 Å². The van der Waals surface area contributed by atoms with Crippen molar-refractivity contribution in [2.45, 2.75) is 25.8 Å². The summed E-state index contributed by atoms with van der Waals surface area (Å²) in [5.74, 6) is 0.465. The van der Waals surface area contributed by atoms with E-state index in [1.54, 1.807) is 40.1 Å². The Kier molecular flexibility index (Phi) is 4.61. The van der Waals surface area contributed by atoms with Gasteiger partial charge in [-0.2, -0.15) is 5.10 Å². The molecule has 0 spiro atoms. The molecule has 0 N–H and O–H groups in total. The van der Waals surface area contributed by atoms with E-state index in [-0.39, 0.29) is 23.8 Å². The number of piperidine rings is 1. The van der Waals surface area contributed by atoms with Gasteiger partial charge in [0, 0.05) is 52.7 Å². The number of rotatable bonds is 4. The van der Waals surface area contributed by atoms with Crippen LogP contribution in [0.25, 0.3) is 0 Å². The predicted molar refractivity (Wildman–Crippen MR) is 92.7 cm³/mol. The number of carbonyl (C=O) groups excluding carboxylic acids is 2. The lowest BCUT2D eigenvalue weighted by Crippen LogP contribution is -2.49. The van der Waals surface area contributed by atoms with Crippen LogP contribution in [0.2, 0.25) is 0 Å². The minimum absolute atomic E-state index is 0.0213.